The van der Waals surface area contributed by atoms with E-state index < -0.39 is 37.3 Å². The molecule has 0 atom stereocenters. The van der Waals surface area contributed by atoms with Crippen LogP contribution < -0.4 is 0 Å². The van der Waals surface area contributed by atoms with E-state index >= 15 is 0 Å². The lowest BCUT2D eigenvalue weighted by Gasteiger charge is -2.27. The first kappa shape index (κ1) is 21.9. The van der Waals surface area contributed by atoms with Crippen LogP contribution in [0.4, 0.5) is 0 Å². The van der Waals surface area contributed by atoms with Gasteiger partial charge in [0.25, 0.3) is 0 Å². The number of rotatable bonds is 6. The average Bonchev–Trinajstić information content (AvgIpc) is 2.65. The molecule has 0 bridgehead atoms. The van der Waals surface area contributed by atoms with Crippen molar-refractivity contribution in [1.82, 2.24) is 0 Å². The predicted octanol–water partition coefficient (Wildman–Crippen LogP) is 1.37. The minimum absolute atomic E-state index is 0.251. The molecule has 2 aromatic rings. The number of phenolic OH excluding ortho intramolecular Hbond substituents is 2. The fraction of sp³-hybridized carbons (Fsp3) is 0.400. The number of hydrogen-bond donors (Lipinski definition) is 6. The van der Waals surface area contributed by atoms with Crippen LogP contribution in [0.2, 0.25) is 0 Å². The Balaban J connectivity index is 0.000000321. The summed E-state index contributed by atoms with van der Waals surface area (Å²) < 4.78 is 0. The van der Waals surface area contributed by atoms with Gasteiger partial charge in [0.1, 0.15) is 11.5 Å². The first-order chi connectivity index (χ1) is 12.3. The SMILES string of the molecule is CC(C)(c1ccccc1O)c1ccccc1O.OCC(CO)(CO)CO. The van der Waals surface area contributed by atoms with Crippen molar-refractivity contribution in [1.29, 1.82) is 0 Å². The second-order valence-electron chi connectivity index (χ2n) is 6.79. The van der Waals surface area contributed by atoms with Crippen LogP contribution in [0.3, 0.4) is 0 Å². The number of aliphatic hydroxyl groups excluding tert-OH is 4. The van der Waals surface area contributed by atoms with E-state index in [0.717, 1.165) is 11.1 Å². The molecule has 6 nitrogen and oxygen atoms in total. The molecule has 0 amide bonds. The first-order valence-corrected chi connectivity index (χ1v) is 8.28. The highest BCUT2D eigenvalue weighted by Crippen LogP contribution is 2.40. The summed E-state index contributed by atoms with van der Waals surface area (Å²) in [7, 11) is 0. The Morgan fingerprint density at radius 3 is 1.15 bits per heavy atom. The standard InChI is InChI=1S/C15H16O2.C5H12O4/c1-15(2,11-7-3-5-9-13(11)16)12-8-4-6-10-14(12)17;6-1-5(2-7,3-8)4-9/h3-10,16-17H,1-2H3;6-9H,1-4H2. The van der Waals surface area contributed by atoms with E-state index in [-0.39, 0.29) is 11.5 Å². The topological polar surface area (TPSA) is 121 Å². The quantitative estimate of drug-likeness (QED) is 0.460. The number of aromatic hydroxyl groups is 2. The maximum Gasteiger partial charge on any atom is 0.119 e. The molecule has 0 saturated carbocycles. The number of para-hydroxylation sites is 2. The third-order valence-corrected chi connectivity index (χ3v) is 4.50. The third-order valence-electron chi connectivity index (χ3n) is 4.50. The maximum absolute atomic E-state index is 9.92. The van der Waals surface area contributed by atoms with Gasteiger partial charge in [0, 0.05) is 16.5 Å². The highest BCUT2D eigenvalue weighted by atomic mass is 16.3. The van der Waals surface area contributed by atoms with Crippen molar-refractivity contribution < 1.29 is 30.6 Å². The molecule has 2 aromatic carbocycles. The van der Waals surface area contributed by atoms with E-state index in [4.69, 9.17) is 20.4 Å². The van der Waals surface area contributed by atoms with Crippen LogP contribution in [0.15, 0.2) is 48.5 Å². The van der Waals surface area contributed by atoms with E-state index in [0.29, 0.717) is 0 Å². The van der Waals surface area contributed by atoms with E-state index in [1.54, 1.807) is 24.3 Å². The van der Waals surface area contributed by atoms with Gasteiger partial charge < -0.3 is 30.6 Å². The van der Waals surface area contributed by atoms with Gasteiger partial charge in [-0.05, 0) is 12.1 Å². The van der Waals surface area contributed by atoms with Gasteiger partial charge in [0.05, 0.1) is 31.8 Å². The molecule has 144 valence electrons. The Morgan fingerprint density at radius 1 is 0.615 bits per heavy atom. The zero-order valence-corrected chi connectivity index (χ0v) is 15.1. The number of hydrogen-bond acceptors (Lipinski definition) is 6. The average molecular weight is 364 g/mol. The first-order valence-electron chi connectivity index (χ1n) is 8.28. The molecule has 0 saturated heterocycles. The van der Waals surface area contributed by atoms with Crippen LogP contribution >= 0.6 is 0 Å². The molecule has 0 fully saturated rings. The summed E-state index contributed by atoms with van der Waals surface area (Å²) in [6.07, 6.45) is 0. The molecule has 6 N–H and O–H groups in total. The van der Waals surface area contributed by atoms with Gasteiger partial charge in [0.2, 0.25) is 0 Å². The molecule has 0 spiro atoms. The van der Waals surface area contributed by atoms with Crippen molar-refractivity contribution in [3.63, 3.8) is 0 Å². The third kappa shape index (κ3) is 4.95. The van der Waals surface area contributed by atoms with Crippen LogP contribution in [0.5, 0.6) is 11.5 Å². The summed E-state index contributed by atoms with van der Waals surface area (Å²) in [6, 6.07) is 14.4. The Hall–Kier alpha value is -2.12. The summed E-state index contributed by atoms with van der Waals surface area (Å²) in [5, 5.41) is 53.8. The van der Waals surface area contributed by atoms with Crippen molar-refractivity contribution >= 4 is 0 Å². The zero-order chi connectivity index (χ0) is 19.8. The minimum Gasteiger partial charge on any atom is -0.508 e. The molecule has 0 aliphatic rings. The molecule has 0 aliphatic carbocycles. The fourth-order valence-corrected chi connectivity index (χ4v) is 2.45. The van der Waals surface area contributed by atoms with Crippen molar-refractivity contribution in [2.45, 2.75) is 19.3 Å². The molecule has 0 aliphatic heterocycles. The van der Waals surface area contributed by atoms with Crippen molar-refractivity contribution in [2.24, 2.45) is 5.41 Å². The summed E-state index contributed by atoms with van der Waals surface area (Å²) >= 11 is 0. The van der Waals surface area contributed by atoms with Crippen LogP contribution in [-0.4, -0.2) is 57.1 Å². The largest absolute Gasteiger partial charge is 0.508 e. The maximum atomic E-state index is 9.92. The molecular formula is C20H28O6. The van der Waals surface area contributed by atoms with Crippen LogP contribution in [0.25, 0.3) is 0 Å². The summed E-state index contributed by atoms with van der Waals surface area (Å²) in [6.45, 7) is 2.34. The van der Waals surface area contributed by atoms with Gasteiger partial charge in [-0.25, -0.2) is 0 Å². The van der Waals surface area contributed by atoms with Gasteiger partial charge in [0.15, 0.2) is 0 Å². The lowest BCUT2D eigenvalue weighted by Crippen LogP contribution is -2.37. The highest BCUT2D eigenvalue weighted by Gasteiger charge is 2.28. The minimum atomic E-state index is -1.11. The molecule has 0 heterocycles. The van der Waals surface area contributed by atoms with E-state index in [1.807, 2.05) is 38.1 Å². The second-order valence-corrected chi connectivity index (χ2v) is 6.79. The fourth-order valence-electron chi connectivity index (χ4n) is 2.45. The highest BCUT2D eigenvalue weighted by molar-refractivity contribution is 5.49. The molecular weight excluding hydrogens is 336 g/mol. The summed E-state index contributed by atoms with van der Waals surface area (Å²) in [5.74, 6) is 0.501. The van der Waals surface area contributed by atoms with Gasteiger partial charge in [-0.3, -0.25) is 0 Å². The number of benzene rings is 2. The van der Waals surface area contributed by atoms with Gasteiger partial charge in [-0.2, -0.15) is 0 Å². The molecule has 26 heavy (non-hydrogen) atoms. The molecule has 0 aromatic heterocycles. The van der Waals surface area contributed by atoms with Crippen molar-refractivity contribution in [2.75, 3.05) is 26.4 Å². The van der Waals surface area contributed by atoms with E-state index in [1.165, 1.54) is 0 Å². The van der Waals surface area contributed by atoms with Crippen LogP contribution in [0.1, 0.15) is 25.0 Å². The Bertz CT molecular complexity index is 614. The zero-order valence-electron chi connectivity index (χ0n) is 15.1. The van der Waals surface area contributed by atoms with Crippen molar-refractivity contribution in [3.05, 3.63) is 59.7 Å². The summed E-state index contributed by atoms with van der Waals surface area (Å²) in [5.41, 5.74) is 0.0689. The lowest BCUT2D eigenvalue weighted by molar-refractivity contribution is -0.0328. The van der Waals surface area contributed by atoms with Gasteiger partial charge in [-0.1, -0.05) is 50.2 Å². The van der Waals surface area contributed by atoms with E-state index in [2.05, 4.69) is 0 Å². The van der Waals surface area contributed by atoms with Crippen LogP contribution in [-0.2, 0) is 5.41 Å². The molecule has 6 heteroatoms. The van der Waals surface area contributed by atoms with E-state index in [9.17, 15) is 10.2 Å². The second kappa shape index (κ2) is 9.54. The smallest absolute Gasteiger partial charge is 0.119 e. The Morgan fingerprint density at radius 2 is 0.923 bits per heavy atom. The lowest BCUT2D eigenvalue weighted by atomic mass is 9.77. The number of phenols is 2. The number of aliphatic hydroxyl groups is 4. The van der Waals surface area contributed by atoms with Gasteiger partial charge in [-0.15, -0.1) is 0 Å². The molecule has 0 unspecified atom stereocenters. The molecule has 0 radical (unpaired) electrons. The monoisotopic (exact) mass is 364 g/mol. The van der Waals surface area contributed by atoms with Crippen molar-refractivity contribution in [3.8, 4) is 11.5 Å². The Kier molecular flexibility index (Phi) is 8.05. The summed E-state index contributed by atoms with van der Waals surface area (Å²) in [4.78, 5) is 0. The Labute approximate surface area is 153 Å². The van der Waals surface area contributed by atoms with Gasteiger partial charge >= 0.3 is 0 Å². The normalized spacial score (nSPS) is 11.6. The predicted molar refractivity (Wildman–Crippen MR) is 99.1 cm³/mol. The molecule has 2 rings (SSSR count). The van der Waals surface area contributed by atoms with Crippen LogP contribution in [0, 0.1) is 5.41 Å².